The minimum atomic E-state index is -0.924. The number of nitrogens with zero attached hydrogens (tertiary/aromatic N) is 3. The molecule has 0 aliphatic carbocycles. The Bertz CT molecular complexity index is 509. The van der Waals surface area contributed by atoms with Crippen molar-refractivity contribution in [2.45, 2.75) is 39.8 Å². The third kappa shape index (κ3) is 2.62. The molecule has 1 aromatic rings. The highest BCUT2D eigenvalue weighted by Crippen LogP contribution is 2.24. The van der Waals surface area contributed by atoms with E-state index < -0.39 is 12.0 Å². The second-order valence-corrected chi connectivity index (χ2v) is 5.22. The number of aliphatic carboxylic acids is 1. The molecule has 104 valence electrons. The smallest absolute Gasteiger partial charge is 0.326 e. The first-order valence-electron chi connectivity index (χ1n) is 6.43. The molecule has 19 heavy (non-hydrogen) atoms. The van der Waals surface area contributed by atoms with Crippen LogP contribution in [0.15, 0.2) is 6.07 Å². The number of aryl methyl sites for hydroxylation is 2. The summed E-state index contributed by atoms with van der Waals surface area (Å²) < 4.78 is 1.62. The van der Waals surface area contributed by atoms with E-state index in [0.29, 0.717) is 6.54 Å². The molecule has 1 aliphatic heterocycles. The number of carbonyl (C=O) groups excluding carboxylic acids is 1. The van der Waals surface area contributed by atoms with Gasteiger partial charge in [-0.15, -0.1) is 0 Å². The molecule has 2 atom stereocenters. The van der Waals surface area contributed by atoms with Gasteiger partial charge in [0.1, 0.15) is 12.6 Å². The molecule has 6 heteroatoms. The number of carboxylic acid groups (broad SMARTS) is 1. The molecule has 1 aliphatic rings. The number of aromatic nitrogens is 2. The van der Waals surface area contributed by atoms with Crippen molar-refractivity contribution in [3.63, 3.8) is 0 Å². The lowest BCUT2D eigenvalue weighted by Crippen LogP contribution is -2.44. The number of hydrogen-bond acceptors (Lipinski definition) is 3. The molecule has 1 aromatic heterocycles. The van der Waals surface area contributed by atoms with E-state index in [1.54, 1.807) is 4.68 Å². The van der Waals surface area contributed by atoms with E-state index in [9.17, 15) is 14.7 Å². The average molecular weight is 265 g/mol. The Labute approximate surface area is 112 Å². The van der Waals surface area contributed by atoms with Crippen molar-refractivity contribution in [1.82, 2.24) is 14.7 Å². The van der Waals surface area contributed by atoms with Gasteiger partial charge in [0, 0.05) is 12.2 Å². The predicted octanol–water partition coefficient (Wildman–Crippen LogP) is 0.822. The fourth-order valence-electron chi connectivity index (χ4n) is 2.66. The van der Waals surface area contributed by atoms with Gasteiger partial charge >= 0.3 is 5.97 Å². The largest absolute Gasteiger partial charge is 0.480 e. The summed E-state index contributed by atoms with van der Waals surface area (Å²) in [6.07, 6.45) is 0.736. The summed E-state index contributed by atoms with van der Waals surface area (Å²) in [7, 11) is 0. The number of hydrogen-bond donors (Lipinski definition) is 1. The van der Waals surface area contributed by atoms with Gasteiger partial charge in [0.25, 0.3) is 0 Å². The van der Waals surface area contributed by atoms with Gasteiger partial charge in [-0.05, 0) is 32.3 Å². The van der Waals surface area contributed by atoms with Crippen LogP contribution in [0.3, 0.4) is 0 Å². The maximum atomic E-state index is 12.2. The molecule has 2 rings (SSSR count). The molecule has 0 bridgehead atoms. The molecule has 2 unspecified atom stereocenters. The van der Waals surface area contributed by atoms with E-state index in [-0.39, 0.29) is 18.4 Å². The zero-order valence-corrected chi connectivity index (χ0v) is 11.5. The van der Waals surface area contributed by atoms with E-state index in [1.807, 2.05) is 26.8 Å². The highest BCUT2D eigenvalue weighted by molar-refractivity contribution is 5.84. The van der Waals surface area contributed by atoms with E-state index >= 15 is 0 Å². The minimum absolute atomic E-state index is 0.00176. The van der Waals surface area contributed by atoms with Crippen molar-refractivity contribution < 1.29 is 14.7 Å². The van der Waals surface area contributed by atoms with Gasteiger partial charge in [-0.3, -0.25) is 9.48 Å². The van der Waals surface area contributed by atoms with Crippen molar-refractivity contribution in [2.24, 2.45) is 5.92 Å². The van der Waals surface area contributed by atoms with Crippen molar-refractivity contribution in [1.29, 1.82) is 0 Å². The maximum Gasteiger partial charge on any atom is 0.326 e. The van der Waals surface area contributed by atoms with Crippen LogP contribution in [0.25, 0.3) is 0 Å². The number of amides is 1. The Hall–Kier alpha value is -1.85. The molecule has 0 spiro atoms. The molecule has 0 saturated carbocycles. The molecule has 2 heterocycles. The van der Waals surface area contributed by atoms with Crippen LogP contribution in [0.1, 0.15) is 24.7 Å². The second kappa shape index (κ2) is 5.03. The van der Waals surface area contributed by atoms with Crippen LogP contribution in [-0.4, -0.2) is 44.3 Å². The van der Waals surface area contributed by atoms with Crippen molar-refractivity contribution in [2.75, 3.05) is 6.54 Å². The van der Waals surface area contributed by atoms with Gasteiger partial charge in [-0.1, -0.05) is 6.92 Å². The minimum Gasteiger partial charge on any atom is -0.480 e. The van der Waals surface area contributed by atoms with Crippen LogP contribution in [0.4, 0.5) is 0 Å². The monoisotopic (exact) mass is 265 g/mol. The predicted molar refractivity (Wildman–Crippen MR) is 68.6 cm³/mol. The van der Waals surface area contributed by atoms with Crippen molar-refractivity contribution >= 4 is 11.9 Å². The van der Waals surface area contributed by atoms with E-state index in [0.717, 1.165) is 17.8 Å². The standard InChI is InChI=1S/C13H19N3O3/c1-8-4-5-15(12(8)13(18)19)11(17)7-16-10(3)6-9(2)14-16/h6,8,12H,4-5,7H2,1-3H3,(H,18,19). The number of carbonyl (C=O) groups is 2. The molecule has 1 amide bonds. The summed E-state index contributed by atoms with van der Waals surface area (Å²) in [5.74, 6) is -1.10. The van der Waals surface area contributed by atoms with Gasteiger partial charge in [0.15, 0.2) is 0 Å². The Kier molecular flexibility index (Phi) is 3.59. The summed E-state index contributed by atoms with van der Waals surface area (Å²) in [5, 5.41) is 13.4. The van der Waals surface area contributed by atoms with E-state index in [2.05, 4.69) is 5.10 Å². The van der Waals surface area contributed by atoms with Crippen LogP contribution in [0, 0.1) is 19.8 Å². The third-order valence-corrected chi connectivity index (χ3v) is 3.66. The van der Waals surface area contributed by atoms with Gasteiger partial charge < -0.3 is 10.0 Å². The van der Waals surface area contributed by atoms with Gasteiger partial charge in [-0.25, -0.2) is 4.79 Å². The lowest BCUT2D eigenvalue weighted by Gasteiger charge is -2.23. The molecule has 6 nitrogen and oxygen atoms in total. The Morgan fingerprint density at radius 3 is 2.68 bits per heavy atom. The van der Waals surface area contributed by atoms with E-state index in [1.165, 1.54) is 4.90 Å². The van der Waals surface area contributed by atoms with Crippen molar-refractivity contribution in [3.8, 4) is 0 Å². The number of likely N-dealkylation sites (tertiary alicyclic amines) is 1. The van der Waals surface area contributed by atoms with Crippen LogP contribution in [0.5, 0.6) is 0 Å². The zero-order chi connectivity index (χ0) is 14.2. The second-order valence-electron chi connectivity index (χ2n) is 5.22. The van der Waals surface area contributed by atoms with Crippen LogP contribution in [0.2, 0.25) is 0 Å². The molecule has 1 fully saturated rings. The topological polar surface area (TPSA) is 75.4 Å². The SMILES string of the molecule is Cc1cc(C)n(CC(=O)N2CCC(C)C2C(=O)O)n1. The maximum absolute atomic E-state index is 12.2. The molecule has 1 N–H and O–H groups in total. The first-order valence-corrected chi connectivity index (χ1v) is 6.43. The quantitative estimate of drug-likeness (QED) is 0.878. The first-order chi connectivity index (χ1) is 8.90. The van der Waals surface area contributed by atoms with Gasteiger partial charge in [0.2, 0.25) is 5.91 Å². The van der Waals surface area contributed by atoms with Crippen molar-refractivity contribution in [3.05, 3.63) is 17.5 Å². The zero-order valence-electron chi connectivity index (χ0n) is 11.5. The fourth-order valence-corrected chi connectivity index (χ4v) is 2.66. The summed E-state index contributed by atoms with van der Waals surface area (Å²) in [6.45, 7) is 6.24. The summed E-state index contributed by atoms with van der Waals surface area (Å²) in [5.41, 5.74) is 1.76. The van der Waals surface area contributed by atoms with Gasteiger partial charge in [-0.2, -0.15) is 5.10 Å². The van der Waals surface area contributed by atoms with Crippen LogP contribution in [-0.2, 0) is 16.1 Å². The van der Waals surface area contributed by atoms with Crippen LogP contribution < -0.4 is 0 Å². The fraction of sp³-hybridized carbons (Fsp3) is 0.615. The highest BCUT2D eigenvalue weighted by atomic mass is 16.4. The lowest BCUT2D eigenvalue weighted by atomic mass is 10.0. The average Bonchev–Trinajstić information content (AvgIpc) is 2.82. The first kappa shape index (κ1) is 13.6. The van der Waals surface area contributed by atoms with Gasteiger partial charge in [0.05, 0.1) is 5.69 Å². The highest BCUT2D eigenvalue weighted by Gasteiger charge is 2.39. The Balaban J connectivity index is 2.12. The molecule has 0 radical (unpaired) electrons. The lowest BCUT2D eigenvalue weighted by molar-refractivity contribution is -0.149. The Morgan fingerprint density at radius 2 is 2.16 bits per heavy atom. The third-order valence-electron chi connectivity index (χ3n) is 3.66. The molecule has 1 saturated heterocycles. The van der Waals surface area contributed by atoms with Crippen LogP contribution >= 0.6 is 0 Å². The summed E-state index contributed by atoms with van der Waals surface area (Å²) in [4.78, 5) is 24.9. The summed E-state index contributed by atoms with van der Waals surface area (Å²) >= 11 is 0. The summed E-state index contributed by atoms with van der Waals surface area (Å²) in [6, 6.07) is 1.19. The molecular formula is C13H19N3O3. The number of carboxylic acids is 1. The number of rotatable bonds is 3. The Morgan fingerprint density at radius 1 is 1.47 bits per heavy atom. The normalized spacial score (nSPS) is 22.8. The van der Waals surface area contributed by atoms with E-state index in [4.69, 9.17) is 0 Å². The molecular weight excluding hydrogens is 246 g/mol. The molecule has 0 aromatic carbocycles.